The highest BCUT2D eigenvalue weighted by Crippen LogP contribution is 2.24. The second kappa shape index (κ2) is 14.6. The quantitative estimate of drug-likeness (QED) is 0.362. The second-order valence-electron chi connectivity index (χ2n) is 9.91. The average Bonchev–Trinajstić information content (AvgIpc) is 2.86. The number of hydrazine groups is 1. The maximum absolute atomic E-state index is 13.7. The first-order valence-electron chi connectivity index (χ1n) is 12.6. The summed E-state index contributed by atoms with van der Waals surface area (Å²) in [5.41, 5.74) is 2.67. The van der Waals surface area contributed by atoms with Crippen molar-refractivity contribution in [2.45, 2.75) is 65.8 Å². The molecular weight excluding hydrogens is 446 g/mol. The Kier molecular flexibility index (Phi) is 11.9. The summed E-state index contributed by atoms with van der Waals surface area (Å²) >= 11 is 0. The monoisotopic (exact) mass is 487 g/mol. The first-order chi connectivity index (χ1) is 16.7. The summed E-state index contributed by atoms with van der Waals surface area (Å²) in [5.74, 6) is -1.13. The van der Waals surface area contributed by atoms with Crippen LogP contribution in [0.3, 0.4) is 0 Å². The van der Waals surface area contributed by atoms with Crippen molar-refractivity contribution in [2.75, 3.05) is 19.8 Å². The number of nitrogens with one attached hydrogen (secondary N) is 1. The molecular formula is C27H41N3O5. The predicted octanol–water partition coefficient (Wildman–Crippen LogP) is 4.05. The Hall–Kier alpha value is -2.71. The zero-order valence-electron chi connectivity index (χ0n) is 21.5. The van der Waals surface area contributed by atoms with Gasteiger partial charge in [0, 0.05) is 32.1 Å². The lowest BCUT2D eigenvalue weighted by atomic mass is 9.98. The topological polar surface area (TPSA) is 99.2 Å². The number of nitrogens with zero attached hydrogens (tertiary/aromatic N) is 2. The van der Waals surface area contributed by atoms with Gasteiger partial charge in [-0.15, -0.1) is 0 Å². The molecule has 1 aliphatic rings. The number of carbonyl (C=O) groups is 3. The summed E-state index contributed by atoms with van der Waals surface area (Å²) in [5, 5.41) is 12.3. The minimum atomic E-state index is -1.07. The van der Waals surface area contributed by atoms with E-state index in [2.05, 4.69) is 0 Å². The number of hydrogen-bond acceptors (Lipinski definition) is 5. The highest BCUT2D eigenvalue weighted by atomic mass is 16.5. The molecule has 0 bridgehead atoms. The van der Waals surface area contributed by atoms with Gasteiger partial charge in [-0.2, -0.15) is 0 Å². The molecule has 0 saturated carbocycles. The summed E-state index contributed by atoms with van der Waals surface area (Å²) in [7, 11) is 0. The number of hydroxylamine groups is 1. The summed E-state index contributed by atoms with van der Waals surface area (Å²) in [6.45, 7) is 9.27. The highest BCUT2D eigenvalue weighted by Gasteiger charge is 2.38. The molecule has 194 valence electrons. The third kappa shape index (κ3) is 9.11. The van der Waals surface area contributed by atoms with Crippen LogP contribution in [-0.4, -0.2) is 58.7 Å². The van der Waals surface area contributed by atoms with Crippen LogP contribution in [0.1, 0.15) is 65.4 Å². The molecule has 1 aromatic carbocycles. The van der Waals surface area contributed by atoms with Crippen LogP contribution >= 0.6 is 0 Å². The molecule has 1 aliphatic heterocycles. The lowest BCUT2D eigenvalue weighted by Crippen LogP contribution is -2.60. The van der Waals surface area contributed by atoms with Gasteiger partial charge in [-0.25, -0.2) is 10.5 Å². The normalized spacial score (nSPS) is 15.4. The lowest BCUT2D eigenvalue weighted by Gasteiger charge is -2.42. The average molecular weight is 488 g/mol. The van der Waals surface area contributed by atoms with Gasteiger partial charge in [0.2, 0.25) is 11.8 Å². The lowest BCUT2D eigenvalue weighted by molar-refractivity contribution is -0.179. The number of hydrogen-bond donors (Lipinski definition) is 2. The summed E-state index contributed by atoms with van der Waals surface area (Å²) in [6, 6.07) is 8.54. The maximum atomic E-state index is 13.7. The van der Waals surface area contributed by atoms with Crippen LogP contribution in [-0.2, 0) is 19.1 Å². The van der Waals surface area contributed by atoms with Crippen molar-refractivity contribution in [3.05, 3.63) is 42.0 Å². The smallest absolute Gasteiger partial charge is 0.268 e. The Morgan fingerprint density at radius 3 is 2.31 bits per heavy atom. The Morgan fingerprint density at radius 1 is 1.09 bits per heavy atom. The van der Waals surface area contributed by atoms with Gasteiger partial charge in [0.1, 0.15) is 6.04 Å². The Bertz CT molecular complexity index is 834. The fourth-order valence-corrected chi connectivity index (χ4v) is 4.08. The molecule has 2 rings (SSSR count). The van der Waals surface area contributed by atoms with Crippen molar-refractivity contribution in [3.63, 3.8) is 0 Å². The molecule has 0 spiro atoms. The first-order valence-corrected chi connectivity index (χ1v) is 12.6. The molecule has 0 aromatic heterocycles. The number of ether oxygens (including phenoxy) is 1. The molecule has 1 saturated heterocycles. The van der Waals surface area contributed by atoms with E-state index < -0.39 is 11.9 Å². The molecule has 1 aromatic rings. The highest BCUT2D eigenvalue weighted by molar-refractivity contribution is 5.90. The van der Waals surface area contributed by atoms with Crippen LogP contribution in [0, 0.1) is 17.8 Å². The predicted molar refractivity (Wildman–Crippen MR) is 135 cm³/mol. The number of amides is 3. The van der Waals surface area contributed by atoms with Crippen LogP contribution in [0.15, 0.2) is 36.4 Å². The van der Waals surface area contributed by atoms with Crippen molar-refractivity contribution in [2.24, 2.45) is 17.8 Å². The van der Waals surface area contributed by atoms with Crippen molar-refractivity contribution in [1.82, 2.24) is 15.5 Å². The van der Waals surface area contributed by atoms with Gasteiger partial charge in [-0.1, -0.05) is 70.2 Å². The van der Waals surface area contributed by atoms with Crippen LogP contribution in [0.25, 0.3) is 6.08 Å². The Morgan fingerprint density at radius 2 is 1.74 bits per heavy atom. The molecule has 0 radical (unpaired) electrons. The second-order valence-corrected chi connectivity index (χ2v) is 9.91. The van der Waals surface area contributed by atoms with Crippen LogP contribution < -0.4 is 5.48 Å². The summed E-state index contributed by atoms with van der Waals surface area (Å²) in [6.07, 6.45) is 5.78. The zero-order valence-corrected chi connectivity index (χ0v) is 21.5. The van der Waals surface area contributed by atoms with Crippen LogP contribution in [0.2, 0.25) is 0 Å². The van der Waals surface area contributed by atoms with E-state index >= 15 is 0 Å². The van der Waals surface area contributed by atoms with Gasteiger partial charge < -0.3 is 4.74 Å². The molecule has 1 fully saturated rings. The molecule has 8 heteroatoms. The van der Waals surface area contributed by atoms with Gasteiger partial charge >= 0.3 is 0 Å². The van der Waals surface area contributed by atoms with E-state index in [0.717, 1.165) is 5.56 Å². The van der Waals surface area contributed by atoms with E-state index in [4.69, 9.17) is 4.74 Å². The van der Waals surface area contributed by atoms with E-state index in [-0.39, 0.29) is 42.4 Å². The van der Waals surface area contributed by atoms with Gasteiger partial charge in [-0.3, -0.25) is 24.6 Å². The van der Waals surface area contributed by atoms with Crippen molar-refractivity contribution in [3.8, 4) is 0 Å². The standard InChI is InChI=1S/C27H41N3O5/c1-20(2)13-14-25(31)30(29(19-21(3)4)27(33)23-15-17-35-18-16-23)24(26(32)28-34)12-8-11-22-9-6-5-7-10-22/h5-11,20-21,23-24,34H,12-19H2,1-4H3,(H,28,32)/t24-/m0/s1. The minimum absolute atomic E-state index is 0.0666. The minimum Gasteiger partial charge on any atom is -0.381 e. The fraction of sp³-hybridized carbons (Fsp3) is 0.593. The van der Waals surface area contributed by atoms with E-state index in [1.807, 2.05) is 64.1 Å². The summed E-state index contributed by atoms with van der Waals surface area (Å²) in [4.78, 5) is 40.1. The molecule has 0 aliphatic carbocycles. The largest absolute Gasteiger partial charge is 0.381 e. The third-order valence-corrected chi connectivity index (χ3v) is 5.99. The molecule has 2 N–H and O–H groups in total. The third-order valence-electron chi connectivity index (χ3n) is 5.99. The van der Waals surface area contributed by atoms with E-state index in [1.165, 1.54) is 10.0 Å². The number of rotatable bonds is 11. The van der Waals surface area contributed by atoms with E-state index in [0.29, 0.717) is 39.0 Å². The SMILES string of the molecule is CC(C)CCC(=O)N([C@@H](CC=Cc1ccccc1)C(=O)NO)N(CC(C)C)C(=O)C1CCOCC1. The molecule has 8 nitrogen and oxygen atoms in total. The van der Waals surface area contributed by atoms with Gasteiger partial charge in [0.05, 0.1) is 0 Å². The molecule has 3 amide bonds. The van der Waals surface area contributed by atoms with Crippen LogP contribution in [0.4, 0.5) is 0 Å². The first kappa shape index (κ1) is 28.5. The van der Waals surface area contributed by atoms with Gasteiger partial charge in [-0.05, 0) is 43.1 Å². The van der Waals surface area contributed by atoms with E-state index in [1.54, 1.807) is 11.6 Å². The maximum Gasteiger partial charge on any atom is 0.268 e. The molecule has 1 atom stereocenters. The van der Waals surface area contributed by atoms with Crippen LogP contribution in [0.5, 0.6) is 0 Å². The summed E-state index contributed by atoms with van der Waals surface area (Å²) < 4.78 is 5.42. The van der Waals surface area contributed by atoms with Gasteiger partial charge in [0.25, 0.3) is 5.91 Å². The van der Waals surface area contributed by atoms with Crippen molar-refractivity contribution in [1.29, 1.82) is 0 Å². The van der Waals surface area contributed by atoms with Crippen molar-refractivity contribution >= 4 is 23.8 Å². The van der Waals surface area contributed by atoms with Gasteiger partial charge in [0.15, 0.2) is 0 Å². The number of carbonyl (C=O) groups excluding carboxylic acids is 3. The molecule has 35 heavy (non-hydrogen) atoms. The number of benzene rings is 1. The Labute approximate surface area is 209 Å². The fourth-order valence-electron chi connectivity index (χ4n) is 4.08. The Balaban J connectivity index is 2.43. The van der Waals surface area contributed by atoms with E-state index in [9.17, 15) is 19.6 Å². The molecule has 1 heterocycles. The zero-order chi connectivity index (χ0) is 25.8. The van der Waals surface area contributed by atoms with Crippen molar-refractivity contribution < 1.29 is 24.3 Å². The molecule has 0 unspecified atom stereocenters.